The van der Waals surface area contributed by atoms with Crippen LogP contribution in [0.5, 0.6) is 0 Å². The molecule has 0 saturated carbocycles. The Bertz CT molecular complexity index is 817. The molecule has 0 fully saturated rings. The molecule has 0 saturated heterocycles. The van der Waals surface area contributed by atoms with Gasteiger partial charge in [0, 0.05) is 12.5 Å². The van der Waals surface area contributed by atoms with Gasteiger partial charge in [0.2, 0.25) is 0 Å². The number of rotatable bonds is 12. The monoisotopic (exact) mass is 451 g/mol. The van der Waals surface area contributed by atoms with Gasteiger partial charge >= 0.3 is 63.3 Å². The zero-order valence-electron chi connectivity index (χ0n) is 19.5. The molecule has 0 unspecified atom stereocenters. The average molecular weight is 452 g/mol. The van der Waals surface area contributed by atoms with E-state index in [1.807, 2.05) is 42.5 Å². The van der Waals surface area contributed by atoms with E-state index in [0.717, 1.165) is 16.7 Å². The Labute approximate surface area is 227 Å². The van der Waals surface area contributed by atoms with Gasteiger partial charge in [-0.05, 0) is 36.5 Å². The van der Waals surface area contributed by atoms with Gasteiger partial charge in [-0.2, -0.15) is 0 Å². The maximum Gasteiger partial charge on any atom is 1.00 e. The number of esters is 1. The van der Waals surface area contributed by atoms with Crippen LogP contribution in [0.15, 0.2) is 54.6 Å². The second-order valence-electron chi connectivity index (χ2n) is 7.15. The predicted molar refractivity (Wildman–Crippen MR) is 115 cm³/mol. The Hall–Kier alpha value is -1.35. The standard InChI is InChI=1S/C24H29NO5.K.H/c1-3-29-24(28)18(2)16-22(25-30-23(27)10-7-15-26)17-19-11-13-21(14-12-19)20-8-5-4-6-9-20;;/h4-6,8-9,11-15,18,22,25H,3,7,10,16-17H2,1-2H3;;/q;+1;-1/t18-,22+;;/m1../s1. The van der Waals surface area contributed by atoms with Crippen molar-refractivity contribution in [2.45, 2.75) is 45.6 Å². The van der Waals surface area contributed by atoms with E-state index in [4.69, 9.17) is 9.57 Å². The van der Waals surface area contributed by atoms with Gasteiger partial charge in [-0.1, -0.05) is 61.5 Å². The van der Waals surface area contributed by atoms with Crippen molar-refractivity contribution in [3.05, 3.63) is 60.2 Å². The van der Waals surface area contributed by atoms with Crippen molar-refractivity contribution >= 4 is 18.2 Å². The van der Waals surface area contributed by atoms with Gasteiger partial charge < -0.3 is 15.8 Å². The Morgan fingerprint density at radius 1 is 1.06 bits per heavy atom. The zero-order chi connectivity index (χ0) is 21.8. The summed E-state index contributed by atoms with van der Waals surface area (Å²) in [5.41, 5.74) is 6.08. The summed E-state index contributed by atoms with van der Waals surface area (Å²) in [5.74, 6) is -1.13. The number of hydrogen-bond donors (Lipinski definition) is 1. The minimum absolute atomic E-state index is 0. The number of carbonyl (C=O) groups is 3. The van der Waals surface area contributed by atoms with E-state index in [9.17, 15) is 14.4 Å². The second kappa shape index (κ2) is 15.4. The molecule has 0 spiro atoms. The van der Waals surface area contributed by atoms with Crippen LogP contribution in [0.3, 0.4) is 0 Å². The maximum absolute atomic E-state index is 12.0. The molecule has 2 rings (SSSR count). The summed E-state index contributed by atoms with van der Waals surface area (Å²) in [5, 5.41) is 0. The summed E-state index contributed by atoms with van der Waals surface area (Å²) < 4.78 is 5.08. The number of ether oxygens (including phenoxy) is 1. The number of carbonyl (C=O) groups excluding carboxylic acids is 3. The molecule has 2 aromatic carbocycles. The molecule has 0 aromatic heterocycles. The van der Waals surface area contributed by atoms with E-state index < -0.39 is 5.97 Å². The van der Waals surface area contributed by atoms with Crippen molar-refractivity contribution in [3.63, 3.8) is 0 Å². The first kappa shape index (κ1) is 27.7. The first-order valence-corrected chi connectivity index (χ1v) is 10.2. The van der Waals surface area contributed by atoms with Gasteiger partial charge in [0.05, 0.1) is 18.9 Å². The largest absolute Gasteiger partial charge is 1.00 e. The fraction of sp³-hybridized carbons (Fsp3) is 0.375. The van der Waals surface area contributed by atoms with Gasteiger partial charge in [-0.3, -0.25) is 9.59 Å². The van der Waals surface area contributed by atoms with Crippen molar-refractivity contribution in [2.75, 3.05) is 6.61 Å². The van der Waals surface area contributed by atoms with Crippen LogP contribution < -0.4 is 56.9 Å². The summed E-state index contributed by atoms with van der Waals surface area (Å²) in [4.78, 5) is 39.3. The molecule has 0 aliphatic carbocycles. The van der Waals surface area contributed by atoms with Crippen LogP contribution >= 0.6 is 0 Å². The molecule has 0 amide bonds. The zero-order valence-corrected chi connectivity index (χ0v) is 21.6. The molecule has 6 nitrogen and oxygen atoms in total. The smallest absolute Gasteiger partial charge is 1.00 e. The van der Waals surface area contributed by atoms with Gasteiger partial charge in [-0.25, -0.2) is 0 Å². The number of nitrogens with one attached hydrogen (secondary N) is 1. The second-order valence-corrected chi connectivity index (χ2v) is 7.15. The molecule has 162 valence electrons. The van der Waals surface area contributed by atoms with Crippen LogP contribution in [0, 0.1) is 5.92 Å². The normalized spacial score (nSPS) is 12.2. The Kier molecular flexibility index (Phi) is 13.8. The molecule has 1 N–H and O–H groups in total. The number of benzene rings is 2. The van der Waals surface area contributed by atoms with Gasteiger partial charge in [-0.15, -0.1) is 5.48 Å². The molecular weight excluding hydrogens is 421 g/mol. The van der Waals surface area contributed by atoms with Crippen LogP contribution in [0.1, 0.15) is 40.1 Å². The molecule has 0 aliphatic heterocycles. The van der Waals surface area contributed by atoms with Crippen molar-refractivity contribution < 1.29 is 76.8 Å². The first-order valence-electron chi connectivity index (χ1n) is 10.2. The van der Waals surface area contributed by atoms with Gasteiger partial charge in [0.1, 0.15) is 6.29 Å². The number of hydrogen-bond acceptors (Lipinski definition) is 6. The minimum Gasteiger partial charge on any atom is -1.00 e. The molecule has 2 atom stereocenters. The van der Waals surface area contributed by atoms with Crippen LogP contribution in [0.4, 0.5) is 0 Å². The molecule has 0 bridgehead atoms. The molecule has 0 radical (unpaired) electrons. The van der Waals surface area contributed by atoms with Crippen LogP contribution in [-0.4, -0.2) is 30.9 Å². The van der Waals surface area contributed by atoms with E-state index in [1.165, 1.54) is 0 Å². The van der Waals surface area contributed by atoms with E-state index in [-0.39, 0.29) is 83.6 Å². The van der Waals surface area contributed by atoms with Gasteiger partial charge in [0.25, 0.3) is 0 Å². The van der Waals surface area contributed by atoms with Crippen LogP contribution in [0.25, 0.3) is 11.1 Å². The third-order valence-corrected chi connectivity index (χ3v) is 4.68. The number of hydroxylamine groups is 1. The quantitative estimate of drug-likeness (QED) is 0.224. The Morgan fingerprint density at radius 2 is 1.71 bits per heavy atom. The fourth-order valence-corrected chi connectivity index (χ4v) is 3.11. The first-order chi connectivity index (χ1) is 14.5. The summed E-state index contributed by atoms with van der Waals surface area (Å²) in [6.07, 6.45) is 1.82. The summed E-state index contributed by atoms with van der Waals surface area (Å²) in [7, 11) is 0. The fourth-order valence-electron chi connectivity index (χ4n) is 3.11. The molecular formula is C24H30KNO5. The van der Waals surface area contributed by atoms with E-state index in [0.29, 0.717) is 25.7 Å². The topological polar surface area (TPSA) is 81.7 Å². The third-order valence-electron chi connectivity index (χ3n) is 4.68. The van der Waals surface area contributed by atoms with Crippen molar-refractivity contribution in [1.29, 1.82) is 0 Å². The number of aldehydes is 1. The maximum atomic E-state index is 12.0. The summed E-state index contributed by atoms with van der Waals surface area (Å²) in [6.45, 7) is 3.88. The Morgan fingerprint density at radius 3 is 2.32 bits per heavy atom. The predicted octanol–water partition coefficient (Wildman–Crippen LogP) is 0.997. The van der Waals surface area contributed by atoms with Crippen LogP contribution in [0.2, 0.25) is 0 Å². The molecule has 31 heavy (non-hydrogen) atoms. The summed E-state index contributed by atoms with van der Waals surface area (Å²) in [6, 6.07) is 18.0. The van der Waals surface area contributed by atoms with Gasteiger partial charge in [0.15, 0.2) is 0 Å². The minimum atomic E-state index is -0.504. The van der Waals surface area contributed by atoms with E-state index in [2.05, 4.69) is 17.6 Å². The van der Waals surface area contributed by atoms with Crippen molar-refractivity contribution in [3.8, 4) is 11.1 Å². The molecule has 0 heterocycles. The van der Waals surface area contributed by atoms with E-state index >= 15 is 0 Å². The third kappa shape index (κ3) is 10.2. The summed E-state index contributed by atoms with van der Waals surface area (Å²) >= 11 is 0. The molecule has 7 heteroatoms. The molecule has 2 aromatic rings. The molecule has 0 aliphatic rings. The van der Waals surface area contributed by atoms with Crippen molar-refractivity contribution in [1.82, 2.24) is 5.48 Å². The SMILES string of the molecule is CCOC(=O)[C@H](C)C[C@@H](Cc1ccc(-c2ccccc2)cc1)NOC(=O)CCC=O.[H-].[K+]. The van der Waals surface area contributed by atoms with E-state index in [1.54, 1.807) is 13.8 Å². The average Bonchev–Trinajstić information content (AvgIpc) is 2.77. The van der Waals surface area contributed by atoms with Crippen molar-refractivity contribution in [2.24, 2.45) is 5.92 Å². The Balaban J connectivity index is 0.00000480. The van der Waals surface area contributed by atoms with Crippen LogP contribution in [-0.2, 0) is 30.4 Å².